The predicted octanol–water partition coefficient (Wildman–Crippen LogP) is 2.71. The van der Waals surface area contributed by atoms with Gasteiger partial charge in [-0.1, -0.05) is 0 Å². The van der Waals surface area contributed by atoms with Gasteiger partial charge in [0, 0.05) is 25.9 Å². The summed E-state index contributed by atoms with van der Waals surface area (Å²) in [6.07, 6.45) is 2.55. The third-order valence-corrected chi connectivity index (χ3v) is 4.88. The van der Waals surface area contributed by atoms with Crippen LogP contribution in [0.3, 0.4) is 0 Å². The first kappa shape index (κ1) is 15.1. The SMILES string of the molecule is O=C(O)c1ccc(I)c(OC2CCOC3(CCOC3)C2)c1. The molecule has 114 valence electrons. The zero-order valence-corrected chi connectivity index (χ0v) is 13.7. The maximum absolute atomic E-state index is 11.1. The Balaban J connectivity index is 1.74. The van der Waals surface area contributed by atoms with E-state index in [4.69, 9.17) is 19.3 Å². The van der Waals surface area contributed by atoms with Crippen molar-refractivity contribution in [1.82, 2.24) is 0 Å². The van der Waals surface area contributed by atoms with Crippen LogP contribution in [0.2, 0.25) is 0 Å². The Morgan fingerprint density at radius 1 is 1.43 bits per heavy atom. The number of aromatic carboxylic acids is 1. The Kier molecular flexibility index (Phi) is 4.37. The number of benzene rings is 1. The van der Waals surface area contributed by atoms with E-state index >= 15 is 0 Å². The highest BCUT2D eigenvalue weighted by Gasteiger charge is 2.41. The molecule has 1 N–H and O–H groups in total. The van der Waals surface area contributed by atoms with Gasteiger partial charge in [-0.05, 0) is 40.8 Å². The first-order valence-electron chi connectivity index (χ1n) is 6.99. The Morgan fingerprint density at radius 3 is 3.00 bits per heavy atom. The standard InChI is InChI=1S/C15H17IO5/c16-12-2-1-10(14(17)18)7-13(12)21-11-3-5-20-15(8-11)4-6-19-9-15/h1-2,7,11H,3-6,8-9H2,(H,17,18). The summed E-state index contributed by atoms with van der Waals surface area (Å²) in [5.74, 6) is -0.305. The van der Waals surface area contributed by atoms with E-state index in [9.17, 15) is 4.79 Å². The number of carboxylic acids is 1. The van der Waals surface area contributed by atoms with Crippen LogP contribution >= 0.6 is 22.6 Å². The molecule has 0 radical (unpaired) electrons. The van der Waals surface area contributed by atoms with Crippen molar-refractivity contribution < 1.29 is 24.1 Å². The minimum Gasteiger partial charge on any atom is -0.489 e. The normalized spacial score (nSPS) is 28.7. The van der Waals surface area contributed by atoms with Crippen molar-refractivity contribution in [3.8, 4) is 5.75 Å². The molecule has 1 aromatic carbocycles. The molecule has 2 aliphatic heterocycles. The number of rotatable bonds is 3. The Bertz CT molecular complexity index is 539. The van der Waals surface area contributed by atoms with Crippen molar-refractivity contribution in [2.45, 2.75) is 31.0 Å². The summed E-state index contributed by atoms with van der Waals surface area (Å²) in [6.45, 7) is 2.01. The van der Waals surface area contributed by atoms with Crippen molar-refractivity contribution in [3.63, 3.8) is 0 Å². The second-order valence-corrected chi connectivity index (χ2v) is 6.68. The topological polar surface area (TPSA) is 65.0 Å². The lowest BCUT2D eigenvalue weighted by Crippen LogP contribution is -2.44. The van der Waals surface area contributed by atoms with E-state index in [1.165, 1.54) is 0 Å². The number of hydrogen-bond acceptors (Lipinski definition) is 4. The second-order valence-electron chi connectivity index (χ2n) is 5.52. The molecule has 0 aromatic heterocycles. The Morgan fingerprint density at radius 2 is 2.29 bits per heavy atom. The third-order valence-electron chi connectivity index (χ3n) is 3.99. The molecule has 2 unspecified atom stereocenters. The maximum Gasteiger partial charge on any atom is 0.335 e. The summed E-state index contributed by atoms with van der Waals surface area (Å²) in [7, 11) is 0. The molecule has 2 saturated heterocycles. The van der Waals surface area contributed by atoms with E-state index < -0.39 is 5.97 Å². The fourth-order valence-corrected chi connectivity index (χ4v) is 3.32. The molecule has 2 aliphatic rings. The van der Waals surface area contributed by atoms with Crippen LogP contribution < -0.4 is 4.74 Å². The first-order valence-corrected chi connectivity index (χ1v) is 8.07. The fourth-order valence-electron chi connectivity index (χ4n) is 2.85. The lowest BCUT2D eigenvalue weighted by atomic mass is 9.91. The van der Waals surface area contributed by atoms with Crippen molar-refractivity contribution >= 4 is 28.6 Å². The van der Waals surface area contributed by atoms with Gasteiger partial charge in [-0.3, -0.25) is 0 Å². The minimum atomic E-state index is -0.941. The van der Waals surface area contributed by atoms with Crippen LogP contribution in [0.1, 0.15) is 29.6 Å². The fraction of sp³-hybridized carbons (Fsp3) is 0.533. The molecule has 3 rings (SSSR count). The molecular formula is C15H17IO5. The minimum absolute atomic E-state index is 0.0398. The second kappa shape index (κ2) is 6.10. The van der Waals surface area contributed by atoms with Crippen LogP contribution in [0.15, 0.2) is 18.2 Å². The van der Waals surface area contributed by atoms with Crippen LogP contribution in [0.5, 0.6) is 5.75 Å². The van der Waals surface area contributed by atoms with E-state index in [-0.39, 0.29) is 17.3 Å². The monoisotopic (exact) mass is 404 g/mol. The number of carbonyl (C=O) groups is 1. The third kappa shape index (κ3) is 3.32. The highest BCUT2D eigenvalue weighted by molar-refractivity contribution is 14.1. The quantitative estimate of drug-likeness (QED) is 0.786. The van der Waals surface area contributed by atoms with Gasteiger partial charge < -0.3 is 19.3 Å². The molecule has 0 saturated carbocycles. The maximum atomic E-state index is 11.1. The average molecular weight is 404 g/mol. The zero-order valence-electron chi connectivity index (χ0n) is 11.5. The Labute approximate surface area is 136 Å². The van der Waals surface area contributed by atoms with Crippen LogP contribution in [-0.2, 0) is 9.47 Å². The summed E-state index contributed by atoms with van der Waals surface area (Å²) in [4.78, 5) is 11.1. The molecule has 0 amide bonds. The van der Waals surface area contributed by atoms with Gasteiger partial charge in [-0.25, -0.2) is 4.79 Å². The molecular weight excluding hydrogens is 387 g/mol. The van der Waals surface area contributed by atoms with Crippen molar-refractivity contribution in [2.24, 2.45) is 0 Å². The van der Waals surface area contributed by atoms with Gasteiger partial charge in [0.15, 0.2) is 0 Å². The van der Waals surface area contributed by atoms with Crippen LogP contribution in [0.4, 0.5) is 0 Å². The van der Waals surface area contributed by atoms with Crippen molar-refractivity contribution in [1.29, 1.82) is 0 Å². The van der Waals surface area contributed by atoms with Gasteiger partial charge in [0.2, 0.25) is 0 Å². The number of carboxylic acid groups (broad SMARTS) is 1. The van der Waals surface area contributed by atoms with E-state index in [1.54, 1.807) is 18.2 Å². The number of ether oxygens (including phenoxy) is 3. The van der Waals surface area contributed by atoms with Gasteiger partial charge in [0.25, 0.3) is 0 Å². The summed E-state index contributed by atoms with van der Waals surface area (Å²) in [6, 6.07) is 4.96. The summed E-state index contributed by atoms with van der Waals surface area (Å²) >= 11 is 2.16. The van der Waals surface area contributed by atoms with Crippen LogP contribution in [0, 0.1) is 3.57 Å². The summed E-state index contributed by atoms with van der Waals surface area (Å²) in [5, 5.41) is 9.08. The van der Waals surface area contributed by atoms with Crippen LogP contribution in [0.25, 0.3) is 0 Å². The highest BCUT2D eigenvalue weighted by Crippen LogP contribution is 2.35. The van der Waals surface area contributed by atoms with Gasteiger partial charge in [0.05, 0.1) is 27.9 Å². The van der Waals surface area contributed by atoms with E-state index in [1.807, 2.05) is 0 Å². The van der Waals surface area contributed by atoms with Gasteiger partial charge in [-0.2, -0.15) is 0 Å². The molecule has 2 atom stereocenters. The molecule has 2 fully saturated rings. The molecule has 1 aromatic rings. The van der Waals surface area contributed by atoms with Crippen molar-refractivity contribution in [3.05, 3.63) is 27.3 Å². The molecule has 21 heavy (non-hydrogen) atoms. The predicted molar refractivity (Wildman–Crippen MR) is 83.9 cm³/mol. The van der Waals surface area contributed by atoms with Crippen LogP contribution in [-0.4, -0.2) is 42.6 Å². The molecule has 2 heterocycles. The summed E-state index contributed by atoms with van der Waals surface area (Å²) in [5.41, 5.74) is 0.0371. The average Bonchev–Trinajstić information content (AvgIpc) is 2.89. The van der Waals surface area contributed by atoms with Crippen molar-refractivity contribution in [2.75, 3.05) is 19.8 Å². The smallest absolute Gasteiger partial charge is 0.335 e. The largest absolute Gasteiger partial charge is 0.489 e. The van der Waals surface area contributed by atoms with E-state index in [0.717, 1.165) is 29.4 Å². The number of halogens is 1. The highest BCUT2D eigenvalue weighted by atomic mass is 127. The number of hydrogen-bond donors (Lipinski definition) is 1. The molecule has 1 spiro atoms. The summed E-state index contributed by atoms with van der Waals surface area (Å²) < 4.78 is 18.3. The van der Waals surface area contributed by atoms with Gasteiger partial charge >= 0.3 is 5.97 Å². The zero-order chi connectivity index (χ0) is 14.9. The van der Waals surface area contributed by atoms with Gasteiger partial charge in [-0.15, -0.1) is 0 Å². The lowest BCUT2D eigenvalue weighted by molar-refractivity contribution is -0.112. The molecule has 5 nitrogen and oxygen atoms in total. The molecule has 6 heteroatoms. The van der Waals surface area contributed by atoms with E-state index in [2.05, 4.69) is 22.6 Å². The Hall–Kier alpha value is -0.860. The van der Waals surface area contributed by atoms with E-state index in [0.29, 0.717) is 19.0 Å². The lowest BCUT2D eigenvalue weighted by Gasteiger charge is -2.37. The van der Waals surface area contributed by atoms with Gasteiger partial charge in [0.1, 0.15) is 11.9 Å². The first-order chi connectivity index (χ1) is 10.1. The molecule has 0 aliphatic carbocycles. The molecule has 0 bridgehead atoms.